The maximum Gasteiger partial charge on any atom is 0.319 e. The number of likely N-dealkylation sites (N-methyl/N-ethyl adjacent to an activating group) is 1. The van der Waals surface area contributed by atoms with Crippen molar-refractivity contribution in [2.75, 3.05) is 18.4 Å². The number of amides is 3. The van der Waals surface area contributed by atoms with Crippen LogP contribution in [-0.4, -0.2) is 41.9 Å². The Kier molecular flexibility index (Phi) is 5.91. The average Bonchev–Trinajstić information content (AvgIpc) is 3.19. The third kappa shape index (κ3) is 4.45. The number of urea groups is 1. The highest BCUT2D eigenvalue weighted by Gasteiger charge is 2.70. The van der Waals surface area contributed by atoms with E-state index >= 15 is 0 Å². The summed E-state index contributed by atoms with van der Waals surface area (Å²) in [5, 5.41) is 5.66. The van der Waals surface area contributed by atoms with E-state index in [-0.39, 0.29) is 24.4 Å². The number of alkyl halides is 2. The monoisotopic (exact) mass is 393 g/mol. The summed E-state index contributed by atoms with van der Waals surface area (Å²) in [5.74, 6) is -2.42. The average molecular weight is 393 g/mol. The zero-order valence-corrected chi connectivity index (χ0v) is 16.6. The molecule has 0 heterocycles. The van der Waals surface area contributed by atoms with Gasteiger partial charge in [-0.25, -0.2) is 13.6 Å². The van der Waals surface area contributed by atoms with Gasteiger partial charge < -0.3 is 15.5 Å². The van der Waals surface area contributed by atoms with Gasteiger partial charge in [-0.05, 0) is 57.2 Å². The molecule has 0 aromatic heterocycles. The molecule has 1 aromatic rings. The number of carbonyl (C=O) groups is 2. The van der Waals surface area contributed by atoms with Crippen molar-refractivity contribution in [3.63, 3.8) is 0 Å². The molecule has 2 aliphatic carbocycles. The summed E-state index contributed by atoms with van der Waals surface area (Å²) in [6, 6.07) is 6.81. The third-order valence-electron chi connectivity index (χ3n) is 6.17. The molecule has 1 spiro atoms. The van der Waals surface area contributed by atoms with Crippen LogP contribution >= 0.6 is 0 Å². The zero-order chi connectivity index (χ0) is 20.4. The van der Waals surface area contributed by atoms with Crippen LogP contribution < -0.4 is 10.6 Å². The Balaban J connectivity index is 1.44. The van der Waals surface area contributed by atoms with Crippen LogP contribution in [0.25, 0.3) is 0 Å². The summed E-state index contributed by atoms with van der Waals surface area (Å²) in [7, 11) is 0. The van der Waals surface area contributed by atoms with Gasteiger partial charge in [0.05, 0.1) is 6.42 Å². The zero-order valence-electron chi connectivity index (χ0n) is 16.6. The summed E-state index contributed by atoms with van der Waals surface area (Å²) < 4.78 is 26.8. The maximum atomic E-state index is 13.4. The van der Waals surface area contributed by atoms with Gasteiger partial charge in [0, 0.05) is 36.7 Å². The predicted molar refractivity (Wildman–Crippen MR) is 104 cm³/mol. The largest absolute Gasteiger partial charge is 0.343 e. The second-order valence-electron chi connectivity index (χ2n) is 7.97. The first-order valence-electron chi connectivity index (χ1n) is 10.1. The molecule has 2 aliphatic rings. The van der Waals surface area contributed by atoms with Gasteiger partial charge in [-0.2, -0.15) is 0 Å². The fraction of sp³-hybridized carbons (Fsp3) is 0.619. The lowest BCUT2D eigenvalue weighted by Crippen LogP contribution is -2.41. The Bertz CT molecular complexity index is 709. The van der Waals surface area contributed by atoms with Crippen LogP contribution in [0.3, 0.4) is 0 Å². The molecule has 2 saturated carbocycles. The summed E-state index contributed by atoms with van der Waals surface area (Å²) in [6.07, 6.45) is 2.47. The van der Waals surface area contributed by atoms with Gasteiger partial charge in [0.25, 0.3) is 5.92 Å². The lowest BCUT2D eigenvalue weighted by Gasteiger charge is -2.29. The summed E-state index contributed by atoms with van der Waals surface area (Å²) >= 11 is 0. The normalized spacial score (nSPS) is 25.2. The van der Waals surface area contributed by atoms with Crippen LogP contribution in [-0.2, 0) is 11.2 Å². The van der Waals surface area contributed by atoms with E-state index in [4.69, 9.17) is 0 Å². The molecular formula is C21H29F2N3O2. The Morgan fingerprint density at radius 2 is 1.68 bits per heavy atom. The number of hydrogen-bond donors (Lipinski definition) is 2. The number of carbonyl (C=O) groups excluding carboxylic acids is 2. The van der Waals surface area contributed by atoms with E-state index in [1.807, 2.05) is 26.0 Å². The van der Waals surface area contributed by atoms with Gasteiger partial charge in [-0.1, -0.05) is 12.1 Å². The molecule has 7 heteroatoms. The number of nitrogens with one attached hydrogen (secondary N) is 2. The second kappa shape index (κ2) is 8.05. The number of nitrogens with zero attached hydrogens (tertiary/aromatic N) is 1. The van der Waals surface area contributed by atoms with E-state index in [2.05, 4.69) is 10.6 Å². The molecule has 0 aliphatic heterocycles. The summed E-state index contributed by atoms with van der Waals surface area (Å²) in [6.45, 7) is 5.29. The molecule has 2 N–H and O–H groups in total. The molecule has 0 radical (unpaired) electrons. The SMILES string of the molecule is CCN(CC)C(=O)Cc1ccc(NC(=O)NC2CCC3(CC2)CC3(F)F)cc1. The number of anilines is 1. The fourth-order valence-electron chi connectivity index (χ4n) is 4.16. The van der Waals surface area contributed by atoms with Crippen molar-refractivity contribution in [2.24, 2.45) is 5.41 Å². The minimum Gasteiger partial charge on any atom is -0.343 e. The highest BCUT2D eigenvalue weighted by atomic mass is 19.3. The van der Waals surface area contributed by atoms with Crippen LogP contribution in [0.5, 0.6) is 0 Å². The van der Waals surface area contributed by atoms with Gasteiger partial charge in [0.1, 0.15) is 0 Å². The lowest BCUT2D eigenvalue weighted by atomic mass is 9.83. The van der Waals surface area contributed by atoms with E-state index in [1.54, 1.807) is 17.0 Å². The van der Waals surface area contributed by atoms with Crippen molar-refractivity contribution in [1.82, 2.24) is 10.2 Å². The Labute approximate surface area is 164 Å². The first-order valence-corrected chi connectivity index (χ1v) is 10.1. The first-order chi connectivity index (χ1) is 13.3. The predicted octanol–water partition coefficient (Wildman–Crippen LogP) is 4.19. The number of rotatable bonds is 6. The van der Waals surface area contributed by atoms with Gasteiger partial charge in [-0.15, -0.1) is 0 Å². The van der Waals surface area contributed by atoms with E-state index in [0.29, 0.717) is 50.9 Å². The Hall–Kier alpha value is -2.18. The highest BCUT2D eigenvalue weighted by Crippen LogP contribution is 2.67. The number of hydrogen-bond acceptors (Lipinski definition) is 2. The van der Waals surface area contributed by atoms with Crippen LogP contribution in [0, 0.1) is 5.41 Å². The molecule has 0 saturated heterocycles. The van der Waals surface area contributed by atoms with Gasteiger partial charge in [-0.3, -0.25) is 4.79 Å². The highest BCUT2D eigenvalue weighted by molar-refractivity contribution is 5.89. The first kappa shape index (κ1) is 20.6. The van der Waals surface area contributed by atoms with E-state index < -0.39 is 11.3 Å². The van der Waals surface area contributed by atoms with Crippen molar-refractivity contribution in [3.8, 4) is 0 Å². The molecule has 0 atom stereocenters. The van der Waals surface area contributed by atoms with Crippen molar-refractivity contribution < 1.29 is 18.4 Å². The molecule has 3 rings (SSSR count). The molecule has 1 aromatic carbocycles. The van der Waals surface area contributed by atoms with Crippen LogP contribution in [0.4, 0.5) is 19.3 Å². The fourth-order valence-corrected chi connectivity index (χ4v) is 4.16. The molecular weight excluding hydrogens is 364 g/mol. The maximum absolute atomic E-state index is 13.4. The molecule has 0 bridgehead atoms. The minimum atomic E-state index is -2.51. The molecule has 154 valence electrons. The van der Waals surface area contributed by atoms with Crippen molar-refractivity contribution >= 4 is 17.6 Å². The second-order valence-corrected chi connectivity index (χ2v) is 7.97. The quantitative estimate of drug-likeness (QED) is 0.761. The van der Waals surface area contributed by atoms with Crippen molar-refractivity contribution in [1.29, 1.82) is 0 Å². The van der Waals surface area contributed by atoms with Crippen LogP contribution in [0.1, 0.15) is 51.5 Å². The summed E-state index contributed by atoms with van der Waals surface area (Å²) in [5.41, 5.74) is 0.739. The van der Waals surface area contributed by atoms with Gasteiger partial charge in [0.2, 0.25) is 5.91 Å². The Morgan fingerprint density at radius 1 is 1.11 bits per heavy atom. The van der Waals surface area contributed by atoms with E-state index in [1.165, 1.54) is 0 Å². The molecule has 2 fully saturated rings. The van der Waals surface area contributed by atoms with E-state index in [9.17, 15) is 18.4 Å². The van der Waals surface area contributed by atoms with E-state index in [0.717, 1.165) is 5.56 Å². The third-order valence-corrected chi connectivity index (χ3v) is 6.17. The van der Waals surface area contributed by atoms with Gasteiger partial charge in [0.15, 0.2) is 0 Å². The number of benzene rings is 1. The smallest absolute Gasteiger partial charge is 0.319 e. The summed E-state index contributed by atoms with van der Waals surface area (Å²) in [4.78, 5) is 26.1. The molecule has 28 heavy (non-hydrogen) atoms. The Morgan fingerprint density at radius 3 is 2.18 bits per heavy atom. The number of halogens is 2. The van der Waals surface area contributed by atoms with Gasteiger partial charge >= 0.3 is 6.03 Å². The van der Waals surface area contributed by atoms with Crippen molar-refractivity contribution in [3.05, 3.63) is 29.8 Å². The lowest BCUT2D eigenvalue weighted by molar-refractivity contribution is -0.130. The van der Waals surface area contributed by atoms with Crippen molar-refractivity contribution in [2.45, 2.75) is 64.3 Å². The van der Waals surface area contributed by atoms with Crippen LogP contribution in [0.2, 0.25) is 0 Å². The topological polar surface area (TPSA) is 61.4 Å². The van der Waals surface area contributed by atoms with Crippen LogP contribution in [0.15, 0.2) is 24.3 Å². The standard InChI is InChI=1S/C21H29F2N3O2/c1-3-26(4-2)18(27)13-15-5-7-16(8-6-15)24-19(28)25-17-9-11-20(12-10-17)14-21(20,22)23/h5-8,17H,3-4,9-14H2,1-2H3,(H2,24,25,28). The minimum absolute atomic E-state index is 0.00202. The molecule has 5 nitrogen and oxygen atoms in total. The molecule has 3 amide bonds. The molecule has 0 unspecified atom stereocenters.